The van der Waals surface area contributed by atoms with Gasteiger partial charge < -0.3 is 5.73 Å². The van der Waals surface area contributed by atoms with Crippen molar-refractivity contribution in [2.45, 2.75) is 64.8 Å². The number of hydrogen-bond acceptors (Lipinski definition) is 1. The topological polar surface area (TPSA) is 26.0 Å². The molecule has 1 unspecified atom stereocenters. The molecule has 1 heteroatoms. The van der Waals surface area contributed by atoms with Gasteiger partial charge in [0.25, 0.3) is 0 Å². The molecule has 0 aliphatic carbocycles. The zero-order valence-corrected chi connectivity index (χ0v) is 9.31. The summed E-state index contributed by atoms with van der Waals surface area (Å²) in [7, 11) is 0. The summed E-state index contributed by atoms with van der Waals surface area (Å²) in [5, 5.41) is 0. The second-order valence-corrected chi connectivity index (χ2v) is 4.11. The summed E-state index contributed by atoms with van der Waals surface area (Å²) in [4.78, 5) is 0. The Balaban J connectivity index is 3.19. The molecule has 1 nitrogen and oxygen atoms in total. The fraction of sp³-hybridized carbons (Fsp3) is 0.833. The predicted octanol–water partition coefficient (Wildman–Crippen LogP) is 3.64. The van der Waals surface area contributed by atoms with Gasteiger partial charge in [-0.15, -0.1) is 6.58 Å². The minimum absolute atomic E-state index is 0.397. The molecule has 0 rings (SSSR count). The van der Waals surface area contributed by atoms with Crippen LogP contribution in [0.1, 0.15) is 58.8 Å². The quantitative estimate of drug-likeness (QED) is 0.451. The third kappa shape index (κ3) is 9.62. The monoisotopic (exact) mass is 183 g/mol. The van der Waals surface area contributed by atoms with Crippen molar-refractivity contribution in [3.8, 4) is 0 Å². The van der Waals surface area contributed by atoms with Crippen LogP contribution in [0.3, 0.4) is 0 Å². The van der Waals surface area contributed by atoms with Crippen molar-refractivity contribution < 1.29 is 0 Å². The van der Waals surface area contributed by atoms with Crippen molar-refractivity contribution in [3.63, 3.8) is 0 Å². The normalized spacial score (nSPS) is 12.8. The Kier molecular flexibility index (Phi) is 8.11. The highest BCUT2D eigenvalue weighted by Crippen LogP contribution is 2.10. The molecular weight excluding hydrogens is 158 g/mol. The van der Waals surface area contributed by atoms with Crippen molar-refractivity contribution >= 4 is 0 Å². The third-order valence-electron chi connectivity index (χ3n) is 2.37. The van der Waals surface area contributed by atoms with E-state index >= 15 is 0 Å². The molecular formula is C12H25N. The summed E-state index contributed by atoms with van der Waals surface area (Å²) in [6.45, 7) is 8.19. The van der Waals surface area contributed by atoms with Crippen LogP contribution < -0.4 is 5.73 Å². The Morgan fingerprint density at radius 3 is 2.46 bits per heavy atom. The molecule has 2 N–H and O–H groups in total. The molecule has 0 spiro atoms. The highest BCUT2D eigenvalue weighted by Gasteiger charge is 2.01. The summed E-state index contributed by atoms with van der Waals surface area (Å²) < 4.78 is 0. The van der Waals surface area contributed by atoms with Gasteiger partial charge >= 0.3 is 0 Å². The Morgan fingerprint density at radius 2 is 1.92 bits per heavy atom. The Hall–Kier alpha value is -0.300. The van der Waals surface area contributed by atoms with Gasteiger partial charge in [-0.3, -0.25) is 0 Å². The van der Waals surface area contributed by atoms with Crippen molar-refractivity contribution in [2.24, 2.45) is 5.73 Å². The van der Waals surface area contributed by atoms with Crippen LogP contribution in [-0.4, -0.2) is 6.04 Å². The summed E-state index contributed by atoms with van der Waals surface area (Å²) in [5.74, 6) is 0. The van der Waals surface area contributed by atoms with E-state index < -0.39 is 0 Å². The van der Waals surface area contributed by atoms with Crippen molar-refractivity contribution in [2.75, 3.05) is 0 Å². The zero-order chi connectivity index (χ0) is 10.1. The second kappa shape index (κ2) is 8.31. The van der Waals surface area contributed by atoms with Crippen molar-refractivity contribution in [1.82, 2.24) is 0 Å². The van der Waals surface area contributed by atoms with Crippen LogP contribution in [0.25, 0.3) is 0 Å². The van der Waals surface area contributed by atoms with Gasteiger partial charge in [0.05, 0.1) is 0 Å². The third-order valence-corrected chi connectivity index (χ3v) is 2.37. The van der Waals surface area contributed by atoms with Crippen LogP contribution in [0, 0.1) is 0 Å². The van der Waals surface area contributed by atoms with E-state index in [1.807, 2.05) is 0 Å². The summed E-state index contributed by atoms with van der Waals surface area (Å²) >= 11 is 0. The van der Waals surface area contributed by atoms with Crippen LogP contribution >= 0.6 is 0 Å². The van der Waals surface area contributed by atoms with Gasteiger partial charge in [-0.05, 0) is 26.2 Å². The highest BCUT2D eigenvalue weighted by molar-refractivity contribution is 4.88. The second-order valence-electron chi connectivity index (χ2n) is 4.11. The van der Waals surface area contributed by atoms with Crippen LogP contribution in [-0.2, 0) is 0 Å². The van der Waals surface area contributed by atoms with Crippen molar-refractivity contribution in [1.29, 1.82) is 0 Å². The summed E-state index contributed by atoms with van der Waals surface area (Å²) in [5.41, 5.74) is 7.22. The molecule has 0 aromatic rings. The summed E-state index contributed by atoms with van der Waals surface area (Å²) in [6, 6.07) is 0.397. The first kappa shape index (κ1) is 12.7. The zero-order valence-electron chi connectivity index (χ0n) is 9.31. The Bertz CT molecular complexity index is 129. The lowest BCUT2D eigenvalue weighted by Crippen LogP contribution is -2.19. The SMILES string of the molecule is C=C(C)CCC(N)CCCCCC. The van der Waals surface area contributed by atoms with Crippen LogP contribution in [0.4, 0.5) is 0 Å². The van der Waals surface area contributed by atoms with Crippen molar-refractivity contribution in [3.05, 3.63) is 12.2 Å². The summed E-state index contributed by atoms with van der Waals surface area (Å²) in [6.07, 6.45) is 8.69. The molecule has 0 aliphatic heterocycles. The lowest BCUT2D eigenvalue weighted by atomic mass is 10.0. The first-order valence-corrected chi connectivity index (χ1v) is 5.56. The van der Waals surface area contributed by atoms with Crippen LogP contribution in [0.5, 0.6) is 0 Å². The minimum Gasteiger partial charge on any atom is -0.328 e. The number of nitrogens with two attached hydrogens (primary N) is 1. The van der Waals surface area contributed by atoms with Gasteiger partial charge in [0.15, 0.2) is 0 Å². The molecule has 0 saturated heterocycles. The van der Waals surface area contributed by atoms with Gasteiger partial charge in [-0.2, -0.15) is 0 Å². The molecule has 0 saturated carbocycles. The van der Waals surface area contributed by atoms with E-state index in [0.717, 1.165) is 12.8 Å². The van der Waals surface area contributed by atoms with E-state index in [4.69, 9.17) is 5.73 Å². The fourth-order valence-electron chi connectivity index (χ4n) is 1.41. The fourth-order valence-corrected chi connectivity index (χ4v) is 1.41. The van der Waals surface area contributed by atoms with Crippen LogP contribution in [0.2, 0.25) is 0 Å². The van der Waals surface area contributed by atoms with Gasteiger partial charge in [0.1, 0.15) is 0 Å². The Morgan fingerprint density at radius 1 is 1.23 bits per heavy atom. The molecule has 0 fully saturated rings. The van der Waals surface area contributed by atoms with Crippen LogP contribution in [0.15, 0.2) is 12.2 Å². The number of unbranched alkanes of at least 4 members (excludes halogenated alkanes) is 3. The molecule has 0 aromatic heterocycles. The maximum atomic E-state index is 5.96. The maximum absolute atomic E-state index is 5.96. The van der Waals surface area contributed by atoms with Gasteiger partial charge in [0, 0.05) is 6.04 Å². The average Bonchev–Trinajstić information content (AvgIpc) is 2.09. The minimum atomic E-state index is 0.397. The molecule has 1 atom stereocenters. The van der Waals surface area contributed by atoms with E-state index in [-0.39, 0.29) is 0 Å². The first-order chi connectivity index (χ1) is 6.16. The lowest BCUT2D eigenvalue weighted by molar-refractivity contribution is 0.521. The molecule has 78 valence electrons. The standard InChI is InChI=1S/C12H25N/c1-4-5-6-7-8-12(13)10-9-11(2)3/h12H,2,4-10,13H2,1,3H3. The van der Waals surface area contributed by atoms with E-state index in [0.29, 0.717) is 6.04 Å². The van der Waals surface area contributed by atoms with Gasteiger partial charge in [-0.1, -0.05) is 38.2 Å². The van der Waals surface area contributed by atoms with Gasteiger partial charge in [0.2, 0.25) is 0 Å². The largest absolute Gasteiger partial charge is 0.328 e. The molecule has 0 bridgehead atoms. The van der Waals surface area contributed by atoms with Gasteiger partial charge in [-0.25, -0.2) is 0 Å². The molecule has 0 aliphatic rings. The molecule has 0 heterocycles. The molecule has 0 amide bonds. The first-order valence-electron chi connectivity index (χ1n) is 5.56. The molecule has 0 aromatic carbocycles. The molecule has 13 heavy (non-hydrogen) atoms. The molecule has 0 radical (unpaired) electrons. The number of hydrogen-bond donors (Lipinski definition) is 1. The predicted molar refractivity (Wildman–Crippen MR) is 60.8 cm³/mol. The van der Waals surface area contributed by atoms with E-state index in [1.165, 1.54) is 37.7 Å². The lowest BCUT2D eigenvalue weighted by Gasteiger charge is -2.10. The number of allylic oxidation sites excluding steroid dienone is 1. The highest BCUT2D eigenvalue weighted by atomic mass is 14.6. The average molecular weight is 183 g/mol. The Labute approximate surface area is 83.4 Å². The maximum Gasteiger partial charge on any atom is 0.00418 e. The number of rotatable bonds is 8. The van der Waals surface area contributed by atoms with E-state index in [2.05, 4.69) is 20.4 Å². The smallest absolute Gasteiger partial charge is 0.00418 e. The van der Waals surface area contributed by atoms with E-state index in [1.54, 1.807) is 0 Å². The van der Waals surface area contributed by atoms with E-state index in [9.17, 15) is 0 Å².